The van der Waals surface area contributed by atoms with Crippen LogP contribution in [0.25, 0.3) is 5.57 Å². The van der Waals surface area contributed by atoms with Crippen LogP contribution in [-0.4, -0.2) is 37.1 Å². The number of nitrogens with zero attached hydrogens (tertiary/aromatic N) is 1. The highest BCUT2D eigenvalue weighted by Gasteiger charge is 2.26. The lowest BCUT2D eigenvalue weighted by Gasteiger charge is -2.24. The standard InChI is InChI=1S/C17H21FN2O/c1-19-17(21)15-8-14(9-15)13-4-2-12(3-5-13)10-20-7-6-16(18)11-20/h2-5,8,15-16H,6-7,9-11H2,1H3,(H,19,21). The maximum absolute atomic E-state index is 13.1. The van der Waals surface area contributed by atoms with Gasteiger partial charge < -0.3 is 5.32 Å². The van der Waals surface area contributed by atoms with Gasteiger partial charge in [-0.25, -0.2) is 4.39 Å². The van der Waals surface area contributed by atoms with Gasteiger partial charge in [0.1, 0.15) is 6.17 Å². The van der Waals surface area contributed by atoms with Crippen LogP contribution in [0, 0.1) is 5.92 Å². The summed E-state index contributed by atoms with van der Waals surface area (Å²) in [7, 11) is 1.67. The molecule has 1 aliphatic heterocycles. The van der Waals surface area contributed by atoms with Crippen LogP contribution in [0.4, 0.5) is 4.39 Å². The molecule has 0 radical (unpaired) electrons. The molecule has 3 nitrogen and oxygen atoms in total. The Labute approximate surface area is 124 Å². The van der Waals surface area contributed by atoms with E-state index in [1.165, 1.54) is 16.7 Å². The molecule has 112 valence electrons. The molecular weight excluding hydrogens is 267 g/mol. The van der Waals surface area contributed by atoms with Crippen LogP contribution in [-0.2, 0) is 11.3 Å². The Kier molecular flexibility index (Phi) is 4.06. The number of allylic oxidation sites excluding steroid dienone is 1. The van der Waals surface area contributed by atoms with E-state index in [2.05, 4.69) is 34.5 Å². The summed E-state index contributed by atoms with van der Waals surface area (Å²) in [5, 5.41) is 2.67. The van der Waals surface area contributed by atoms with Gasteiger partial charge in [-0.3, -0.25) is 9.69 Å². The summed E-state index contributed by atoms with van der Waals surface area (Å²) >= 11 is 0. The van der Waals surface area contributed by atoms with E-state index in [1.807, 2.05) is 6.08 Å². The Morgan fingerprint density at radius 1 is 1.38 bits per heavy atom. The molecular formula is C17H21FN2O. The second-order valence-electron chi connectivity index (χ2n) is 5.93. The van der Waals surface area contributed by atoms with Crippen molar-refractivity contribution in [2.75, 3.05) is 20.1 Å². The van der Waals surface area contributed by atoms with Gasteiger partial charge in [-0.1, -0.05) is 30.3 Å². The van der Waals surface area contributed by atoms with Crippen molar-refractivity contribution in [2.24, 2.45) is 5.92 Å². The van der Waals surface area contributed by atoms with Crippen LogP contribution in [0.5, 0.6) is 0 Å². The molecule has 1 amide bonds. The zero-order valence-corrected chi connectivity index (χ0v) is 12.3. The summed E-state index contributed by atoms with van der Waals surface area (Å²) in [5.41, 5.74) is 3.64. The van der Waals surface area contributed by atoms with Crippen molar-refractivity contribution in [1.82, 2.24) is 10.2 Å². The van der Waals surface area contributed by atoms with Gasteiger partial charge in [-0.05, 0) is 29.5 Å². The zero-order valence-electron chi connectivity index (χ0n) is 12.3. The third-order valence-corrected chi connectivity index (χ3v) is 4.37. The lowest BCUT2D eigenvalue weighted by molar-refractivity contribution is -0.123. The van der Waals surface area contributed by atoms with E-state index in [0.29, 0.717) is 13.0 Å². The largest absolute Gasteiger partial charge is 0.359 e. The molecule has 1 aliphatic carbocycles. The van der Waals surface area contributed by atoms with E-state index in [-0.39, 0.29) is 11.8 Å². The number of rotatable bonds is 4. The number of amides is 1. The van der Waals surface area contributed by atoms with E-state index >= 15 is 0 Å². The van der Waals surface area contributed by atoms with Gasteiger partial charge in [0.2, 0.25) is 5.91 Å². The third kappa shape index (κ3) is 3.16. The first-order valence-corrected chi connectivity index (χ1v) is 7.53. The predicted octanol–water partition coefficient (Wildman–Crippen LogP) is 2.38. The fraction of sp³-hybridized carbons (Fsp3) is 0.471. The third-order valence-electron chi connectivity index (χ3n) is 4.37. The molecule has 1 aromatic rings. The molecule has 0 saturated carbocycles. The van der Waals surface area contributed by atoms with Crippen LogP contribution in [0.2, 0.25) is 0 Å². The van der Waals surface area contributed by atoms with Crippen LogP contribution < -0.4 is 5.32 Å². The van der Waals surface area contributed by atoms with Crippen LogP contribution in [0.15, 0.2) is 30.3 Å². The number of alkyl halides is 1. The van der Waals surface area contributed by atoms with Crippen LogP contribution >= 0.6 is 0 Å². The second kappa shape index (κ2) is 5.98. The highest BCUT2D eigenvalue weighted by Crippen LogP contribution is 2.34. The Hall–Kier alpha value is -1.68. The number of likely N-dealkylation sites (tertiary alicyclic amines) is 1. The first-order chi connectivity index (χ1) is 10.2. The average molecular weight is 288 g/mol. The molecule has 0 aromatic heterocycles. The van der Waals surface area contributed by atoms with Gasteiger partial charge in [0.05, 0.1) is 5.92 Å². The molecule has 2 unspecified atom stereocenters. The van der Waals surface area contributed by atoms with Crippen LogP contribution in [0.1, 0.15) is 24.0 Å². The molecule has 0 bridgehead atoms. The van der Waals surface area contributed by atoms with E-state index in [9.17, 15) is 9.18 Å². The minimum atomic E-state index is -0.661. The summed E-state index contributed by atoms with van der Waals surface area (Å²) in [6, 6.07) is 8.42. The molecule has 1 saturated heterocycles. The van der Waals surface area contributed by atoms with Crippen LogP contribution in [0.3, 0.4) is 0 Å². The number of hydrogen-bond acceptors (Lipinski definition) is 2. The first kappa shape index (κ1) is 14.3. The van der Waals surface area contributed by atoms with Crippen molar-refractivity contribution in [3.8, 4) is 0 Å². The highest BCUT2D eigenvalue weighted by molar-refractivity contribution is 5.89. The number of nitrogens with one attached hydrogen (secondary N) is 1. The molecule has 3 rings (SSSR count). The topological polar surface area (TPSA) is 32.3 Å². The maximum Gasteiger partial charge on any atom is 0.227 e. The Morgan fingerprint density at radius 2 is 2.10 bits per heavy atom. The minimum absolute atomic E-state index is 0.0239. The van der Waals surface area contributed by atoms with Crippen molar-refractivity contribution in [2.45, 2.75) is 25.6 Å². The monoisotopic (exact) mass is 288 g/mol. The van der Waals surface area contributed by atoms with Gasteiger partial charge in [0, 0.05) is 26.7 Å². The van der Waals surface area contributed by atoms with Crippen molar-refractivity contribution >= 4 is 11.5 Å². The quantitative estimate of drug-likeness (QED) is 0.922. The maximum atomic E-state index is 13.1. The first-order valence-electron chi connectivity index (χ1n) is 7.53. The summed E-state index contributed by atoms with van der Waals surface area (Å²) in [5.74, 6) is 0.112. The van der Waals surface area contributed by atoms with Gasteiger partial charge in [-0.15, -0.1) is 0 Å². The molecule has 1 heterocycles. The molecule has 1 N–H and O–H groups in total. The van der Waals surface area contributed by atoms with Crippen molar-refractivity contribution in [3.05, 3.63) is 41.5 Å². The molecule has 2 atom stereocenters. The number of carbonyl (C=O) groups is 1. The Morgan fingerprint density at radius 3 is 2.67 bits per heavy atom. The summed E-state index contributed by atoms with van der Waals surface area (Å²) in [6.07, 6.45) is 2.84. The van der Waals surface area contributed by atoms with Gasteiger partial charge >= 0.3 is 0 Å². The minimum Gasteiger partial charge on any atom is -0.359 e. The molecule has 2 aliphatic rings. The lowest BCUT2D eigenvalue weighted by Crippen LogP contribution is -2.30. The number of hydrogen-bond donors (Lipinski definition) is 1. The number of carbonyl (C=O) groups excluding carboxylic acids is 1. The van der Waals surface area contributed by atoms with Gasteiger partial charge in [0.25, 0.3) is 0 Å². The fourth-order valence-electron chi connectivity index (χ4n) is 3.03. The number of benzene rings is 1. The molecule has 21 heavy (non-hydrogen) atoms. The van der Waals surface area contributed by atoms with Gasteiger partial charge in [-0.2, -0.15) is 0 Å². The molecule has 4 heteroatoms. The zero-order chi connectivity index (χ0) is 14.8. The van der Waals surface area contributed by atoms with Crippen molar-refractivity contribution < 1.29 is 9.18 Å². The molecule has 1 aromatic carbocycles. The molecule has 1 fully saturated rings. The average Bonchev–Trinajstić information content (AvgIpc) is 2.84. The highest BCUT2D eigenvalue weighted by atomic mass is 19.1. The summed E-state index contributed by atoms with van der Waals surface area (Å²) in [6.45, 7) is 2.23. The molecule has 0 spiro atoms. The van der Waals surface area contributed by atoms with Gasteiger partial charge in [0.15, 0.2) is 0 Å². The van der Waals surface area contributed by atoms with Crippen molar-refractivity contribution in [3.63, 3.8) is 0 Å². The van der Waals surface area contributed by atoms with E-state index < -0.39 is 6.17 Å². The van der Waals surface area contributed by atoms with E-state index in [4.69, 9.17) is 0 Å². The fourth-order valence-corrected chi connectivity index (χ4v) is 3.03. The lowest BCUT2D eigenvalue weighted by atomic mass is 9.82. The summed E-state index contributed by atoms with van der Waals surface area (Å²) < 4.78 is 13.1. The normalized spacial score (nSPS) is 25.3. The van der Waals surface area contributed by atoms with E-state index in [1.54, 1.807) is 7.05 Å². The SMILES string of the molecule is CNC(=O)C1C=C(c2ccc(CN3CCC(F)C3)cc2)C1. The smallest absolute Gasteiger partial charge is 0.227 e. The second-order valence-corrected chi connectivity index (χ2v) is 5.93. The predicted molar refractivity (Wildman–Crippen MR) is 81.4 cm³/mol. The van der Waals surface area contributed by atoms with E-state index in [0.717, 1.165) is 19.5 Å². The Balaban J connectivity index is 1.59. The Bertz CT molecular complexity index is 552. The number of halogens is 1. The van der Waals surface area contributed by atoms with Crippen molar-refractivity contribution in [1.29, 1.82) is 0 Å². The summed E-state index contributed by atoms with van der Waals surface area (Å²) in [4.78, 5) is 13.6.